The summed E-state index contributed by atoms with van der Waals surface area (Å²) in [7, 11) is 2.20. The van der Waals surface area contributed by atoms with Gasteiger partial charge in [0, 0.05) is 26.2 Å². The average molecular weight is 472 g/mol. The van der Waals surface area contributed by atoms with E-state index in [-0.39, 0.29) is 24.0 Å². The Labute approximate surface area is 177 Å². The molecule has 0 spiro atoms. The first-order chi connectivity index (χ1) is 12.1. The highest BCUT2D eigenvalue weighted by Crippen LogP contribution is 2.15. The molecule has 26 heavy (non-hydrogen) atoms. The van der Waals surface area contributed by atoms with Crippen LogP contribution in [0, 0.1) is 5.92 Å². The maximum Gasteiger partial charge on any atom is 0.191 e. The topological polar surface area (TPSA) is 39.7 Å². The molecule has 1 unspecified atom stereocenters. The summed E-state index contributed by atoms with van der Waals surface area (Å²) >= 11 is 0. The van der Waals surface area contributed by atoms with Crippen LogP contribution in [0.2, 0.25) is 0 Å². The summed E-state index contributed by atoms with van der Waals surface area (Å²) in [6, 6.07) is 9.06. The molecule has 1 fully saturated rings. The molecule has 5 heteroatoms. The number of aliphatic imine (C=N–C) groups is 1. The Hall–Kier alpha value is -0.820. The number of benzene rings is 1. The van der Waals surface area contributed by atoms with Crippen LogP contribution in [0.1, 0.15) is 50.7 Å². The van der Waals surface area contributed by atoms with Gasteiger partial charge < -0.3 is 15.5 Å². The van der Waals surface area contributed by atoms with E-state index < -0.39 is 0 Å². The fourth-order valence-electron chi connectivity index (χ4n) is 3.31. The van der Waals surface area contributed by atoms with E-state index in [0.717, 1.165) is 38.4 Å². The molecule has 1 aromatic rings. The van der Waals surface area contributed by atoms with Gasteiger partial charge in [0.05, 0.1) is 0 Å². The number of nitrogens with zero attached hydrogens (tertiary/aromatic N) is 2. The monoisotopic (exact) mass is 472 g/mol. The van der Waals surface area contributed by atoms with Gasteiger partial charge in [-0.15, -0.1) is 24.0 Å². The van der Waals surface area contributed by atoms with Gasteiger partial charge >= 0.3 is 0 Å². The Bertz CT molecular complexity index is 527. The second-order valence-electron chi connectivity index (χ2n) is 7.56. The summed E-state index contributed by atoms with van der Waals surface area (Å²) in [5.41, 5.74) is 2.84. The molecule has 0 radical (unpaired) electrons. The van der Waals surface area contributed by atoms with Crippen LogP contribution in [0.3, 0.4) is 0 Å². The second kappa shape index (κ2) is 12.5. The summed E-state index contributed by atoms with van der Waals surface area (Å²) in [5.74, 6) is 2.28. The van der Waals surface area contributed by atoms with Gasteiger partial charge in [0.1, 0.15) is 0 Å². The number of hydrogen-bond acceptors (Lipinski definition) is 2. The number of halogens is 1. The lowest BCUT2D eigenvalue weighted by molar-refractivity contribution is 0.397. The highest BCUT2D eigenvalue weighted by Gasteiger charge is 2.18. The van der Waals surface area contributed by atoms with Crippen molar-refractivity contribution >= 4 is 29.9 Å². The molecule has 2 N–H and O–H groups in total. The van der Waals surface area contributed by atoms with E-state index in [2.05, 4.69) is 67.6 Å². The third kappa shape index (κ3) is 8.25. The van der Waals surface area contributed by atoms with Crippen LogP contribution in [0.25, 0.3) is 0 Å². The Kier molecular flexibility index (Phi) is 11.2. The van der Waals surface area contributed by atoms with Crippen molar-refractivity contribution in [2.45, 2.75) is 46.0 Å². The molecule has 0 aliphatic carbocycles. The highest BCUT2D eigenvalue weighted by molar-refractivity contribution is 14.0. The summed E-state index contributed by atoms with van der Waals surface area (Å²) in [5, 5.41) is 6.84. The molecule has 1 atom stereocenters. The molecule has 1 aliphatic heterocycles. The summed E-state index contributed by atoms with van der Waals surface area (Å²) in [6.07, 6.45) is 3.50. The van der Waals surface area contributed by atoms with Crippen molar-refractivity contribution in [2.24, 2.45) is 10.9 Å². The second-order valence-corrected chi connectivity index (χ2v) is 7.56. The largest absolute Gasteiger partial charge is 0.357 e. The van der Waals surface area contributed by atoms with Crippen molar-refractivity contribution in [3.05, 3.63) is 35.4 Å². The molecule has 1 aromatic carbocycles. The predicted octanol–water partition coefficient (Wildman–Crippen LogP) is 3.87. The van der Waals surface area contributed by atoms with Gasteiger partial charge in [-0.2, -0.15) is 0 Å². The van der Waals surface area contributed by atoms with Gasteiger partial charge in [-0.3, -0.25) is 4.99 Å². The Balaban J connectivity index is 0.00000338. The van der Waals surface area contributed by atoms with E-state index in [1.165, 1.54) is 30.6 Å². The molecule has 4 nitrogen and oxygen atoms in total. The Morgan fingerprint density at radius 1 is 1.23 bits per heavy atom. The van der Waals surface area contributed by atoms with Crippen molar-refractivity contribution in [3.8, 4) is 0 Å². The highest BCUT2D eigenvalue weighted by atomic mass is 127. The van der Waals surface area contributed by atoms with Crippen LogP contribution >= 0.6 is 24.0 Å². The molecule has 1 heterocycles. The van der Waals surface area contributed by atoms with E-state index in [1.54, 1.807) is 0 Å². The lowest BCUT2D eigenvalue weighted by atomic mass is 10.0. The molecule has 148 valence electrons. The lowest BCUT2D eigenvalue weighted by Gasteiger charge is -2.13. The molecule has 0 amide bonds. The van der Waals surface area contributed by atoms with Gasteiger partial charge in [0.15, 0.2) is 5.96 Å². The molecule has 2 rings (SSSR count). The number of nitrogens with one attached hydrogen (secondary N) is 2. The summed E-state index contributed by atoms with van der Waals surface area (Å²) < 4.78 is 0. The maximum atomic E-state index is 4.77. The van der Waals surface area contributed by atoms with E-state index in [9.17, 15) is 0 Å². The smallest absolute Gasteiger partial charge is 0.191 e. The first kappa shape index (κ1) is 23.2. The van der Waals surface area contributed by atoms with E-state index in [1.807, 2.05) is 0 Å². The number of aryl methyl sites for hydroxylation is 1. The quantitative estimate of drug-likeness (QED) is 0.261. The first-order valence-electron chi connectivity index (χ1n) is 9.88. The fraction of sp³-hybridized carbons (Fsp3) is 0.667. The van der Waals surface area contributed by atoms with Gasteiger partial charge in [-0.1, -0.05) is 38.1 Å². The van der Waals surface area contributed by atoms with E-state index in [0.29, 0.717) is 11.8 Å². The fourth-order valence-corrected chi connectivity index (χ4v) is 3.31. The van der Waals surface area contributed by atoms with Gasteiger partial charge in [0.25, 0.3) is 0 Å². The Morgan fingerprint density at radius 3 is 2.54 bits per heavy atom. The SMILES string of the molecule is CCNC(=NCC1CCN(C)C1)NCCCc1ccc(C(C)C)cc1.I. The van der Waals surface area contributed by atoms with Gasteiger partial charge in [0.2, 0.25) is 0 Å². The van der Waals surface area contributed by atoms with Gasteiger partial charge in [-0.25, -0.2) is 0 Å². The van der Waals surface area contributed by atoms with Crippen molar-refractivity contribution in [1.82, 2.24) is 15.5 Å². The zero-order valence-corrected chi connectivity index (χ0v) is 19.3. The van der Waals surface area contributed by atoms with E-state index in [4.69, 9.17) is 4.99 Å². The normalized spacial score (nSPS) is 18.0. The molecular formula is C21H37IN4. The number of hydrogen-bond donors (Lipinski definition) is 2. The molecule has 1 aliphatic rings. The minimum atomic E-state index is 0. The van der Waals surface area contributed by atoms with Gasteiger partial charge in [-0.05, 0) is 62.7 Å². The van der Waals surface area contributed by atoms with Crippen molar-refractivity contribution in [1.29, 1.82) is 0 Å². The van der Waals surface area contributed by atoms with Crippen molar-refractivity contribution in [2.75, 3.05) is 39.8 Å². The minimum Gasteiger partial charge on any atom is -0.357 e. The number of rotatable bonds is 8. The third-order valence-corrected chi connectivity index (χ3v) is 4.92. The van der Waals surface area contributed by atoms with E-state index >= 15 is 0 Å². The van der Waals surface area contributed by atoms with Crippen molar-refractivity contribution in [3.63, 3.8) is 0 Å². The van der Waals surface area contributed by atoms with Crippen LogP contribution in [-0.4, -0.2) is 50.6 Å². The van der Waals surface area contributed by atoms with Crippen LogP contribution in [0.4, 0.5) is 0 Å². The zero-order chi connectivity index (χ0) is 18.1. The molecule has 0 bridgehead atoms. The summed E-state index contributed by atoms with van der Waals surface area (Å²) in [6.45, 7) is 11.8. The van der Waals surface area contributed by atoms with Crippen LogP contribution < -0.4 is 10.6 Å². The molecule has 0 aromatic heterocycles. The summed E-state index contributed by atoms with van der Waals surface area (Å²) in [4.78, 5) is 7.17. The standard InChI is InChI=1S/C21H36N4.HI/c1-5-22-21(24-15-19-12-14-25(4)16-19)23-13-6-7-18-8-10-20(11-9-18)17(2)3;/h8-11,17,19H,5-7,12-16H2,1-4H3,(H2,22,23,24);1H. The van der Waals surface area contributed by atoms with Crippen LogP contribution in [0.15, 0.2) is 29.3 Å². The minimum absolute atomic E-state index is 0. The first-order valence-corrected chi connectivity index (χ1v) is 9.88. The zero-order valence-electron chi connectivity index (χ0n) is 16.9. The third-order valence-electron chi connectivity index (χ3n) is 4.92. The Morgan fingerprint density at radius 2 is 1.96 bits per heavy atom. The maximum absolute atomic E-state index is 4.77. The number of guanidine groups is 1. The molecule has 0 saturated carbocycles. The predicted molar refractivity (Wildman–Crippen MR) is 124 cm³/mol. The number of likely N-dealkylation sites (tertiary alicyclic amines) is 1. The van der Waals surface area contributed by atoms with Crippen LogP contribution in [-0.2, 0) is 6.42 Å². The molecular weight excluding hydrogens is 435 g/mol. The van der Waals surface area contributed by atoms with Crippen molar-refractivity contribution < 1.29 is 0 Å². The van der Waals surface area contributed by atoms with Crippen LogP contribution in [0.5, 0.6) is 0 Å². The molecule has 1 saturated heterocycles. The average Bonchev–Trinajstić information content (AvgIpc) is 3.02. The lowest BCUT2D eigenvalue weighted by Crippen LogP contribution is -2.38.